The van der Waals surface area contributed by atoms with Gasteiger partial charge in [0.05, 0.1) is 17.0 Å². The van der Waals surface area contributed by atoms with Crippen LogP contribution in [0.4, 0.5) is 0 Å². The first-order valence-electron chi connectivity index (χ1n) is 4.72. The van der Waals surface area contributed by atoms with E-state index in [9.17, 15) is 8.42 Å². The van der Waals surface area contributed by atoms with Crippen LogP contribution in [0, 0.1) is 5.92 Å². The van der Waals surface area contributed by atoms with Gasteiger partial charge in [-0.2, -0.15) is 0 Å². The van der Waals surface area contributed by atoms with Crippen molar-refractivity contribution in [2.24, 2.45) is 11.1 Å². The summed E-state index contributed by atoms with van der Waals surface area (Å²) in [7, 11) is -3.41. The van der Waals surface area contributed by atoms with Crippen LogP contribution in [0.25, 0.3) is 0 Å². The van der Waals surface area contributed by atoms with Gasteiger partial charge in [-0.15, -0.1) is 0 Å². The molecule has 1 atom stereocenters. The third-order valence-electron chi connectivity index (χ3n) is 2.69. The first-order chi connectivity index (χ1) is 6.02. The summed E-state index contributed by atoms with van der Waals surface area (Å²) in [6.07, 6.45) is 0.733. The Hall–Kier alpha value is -0.130. The summed E-state index contributed by atoms with van der Waals surface area (Å²) < 4.78 is 27.8. The van der Waals surface area contributed by atoms with E-state index >= 15 is 0 Å². The fourth-order valence-electron chi connectivity index (χ4n) is 2.22. The minimum Gasteiger partial charge on any atom is -0.369 e. The largest absolute Gasteiger partial charge is 0.369 e. The molecular weight excluding hydrogens is 202 g/mol. The number of hydrogen-bond acceptors (Lipinski definition) is 3. The van der Waals surface area contributed by atoms with Crippen LogP contribution >= 0.6 is 0 Å². The Kier molecular flexibility index (Phi) is 2.71. The van der Waals surface area contributed by atoms with Gasteiger partial charge in [0.1, 0.15) is 0 Å². The maximum atomic E-state index is 11.0. The standard InChI is InChI=1S/C9H19NO3S/c1-8(2)5-7(6-14(10,11)12)9(3,4)13-8/h7H,5-6H2,1-4H3,(H2,10,11,12). The van der Waals surface area contributed by atoms with Crippen molar-refractivity contribution in [2.75, 3.05) is 5.75 Å². The molecule has 1 unspecified atom stereocenters. The number of sulfonamides is 1. The molecule has 1 fully saturated rings. The lowest BCUT2D eigenvalue weighted by molar-refractivity contribution is -0.0726. The molecule has 1 saturated heterocycles. The monoisotopic (exact) mass is 221 g/mol. The zero-order valence-corrected chi connectivity index (χ0v) is 10.0. The molecule has 0 bridgehead atoms. The van der Waals surface area contributed by atoms with Crippen LogP contribution < -0.4 is 5.14 Å². The molecule has 0 radical (unpaired) electrons. The molecule has 0 aromatic rings. The first-order valence-corrected chi connectivity index (χ1v) is 6.44. The van der Waals surface area contributed by atoms with Gasteiger partial charge in [-0.25, -0.2) is 13.6 Å². The van der Waals surface area contributed by atoms with Crippen LogP contribution in [0.3, 0.4) is 0 Å². The Morgan fingerprint density at radius 2 is 1.86 bits per heavy atom. The van der Waals surface area contributed by atoms with Crippen LogP contribution in [0.2, 0.25) is 0 Å². The van der Waals surface area contributed by atoms with E-state index in [0.29, 0.717) is 0 Å². The second kappa shape index (κ2) is 3.18. The van der Waals surface area contributed by atoms with E-state index in [2.05, 4.69) is 0 Å². The molecule has 84 valence electrons. The minimum absolute atomic E-state index is 0.00340. The van der Waals surface area contributed by atoms with Crippen molar-refractivity contribution in [1.29, 1.82) is 0 Å². The second-order valence-corrected chi connectivity index (χ2v) is 6.85. The molecule has 0 amide bonds. The molecule has 0 spiro atoms. The van der Waals surface area contributed by atoms with Crippen LogP contribution in [-0.4, -0.2) is 25.4 Å². The van der Waals surface area contributed by atoms with Crippen LogP contribution in [-0.2, 0) is 14.8 Å². The molecule has 0 aromatic heterocycles. The van der Waals surface area contributed by atoms with E-state index in [1.54, 1.807) is 0 Å². The highest BCUT2D eigenvalue weighted by atomic mass is 32.2. The average molecular weight is 221 g/mol. The number of primary sulfonamides is 1. The van der Waals surface area contributed by atoms with Crippen molar-refractivity contribution < 1.29 is 13.2 Å². The maximum absolute atomic E-state index is 11.0. The molecule has 0 aliphatic carbocycles. The summed E-state index contributed by atoms with van der Waals surface area (Å²) >= 11 is 0. The van der Waals surface area contributed by atoms with Gasteiger partial charge in [0.15, 0.2) is 0 Å². The first kappa shape index (κ1) is 11.9. The van der Waals surface area contributed by atoms with Crippen molar-refractivity contribution in [3.63, 3.8) is 0 Å². The molecule has 0 saturated carbocycles. The quantitative estimate of drug-likeness (QED) is 0.752. The van der Waals surface area contributed by atoms with Gasteiger partial charge >= 0.3 is 0 Å². The van der Waals surface area contributed by atoms with Gasteiger partial charge in [0.2, 0.25) is 10.0 Å². The van der Waals surface area contributed by atoms with Crippen molar-refractivity contribution in [3.05, 3.63) is 0 Å². The molecule has 4 nitrogen and oxygen atoms in total. The van der Waals surface area contributed by atoms with Crippen molar-refractivity contribution in [2.45, 2.75) is 45.3 Å². The number of ether oxygens (including phenoxy) is 1. The molecule has 1 heterocycles. The second-order valence-electron chi connectivity index (χ2n) is 5.20. The molecule has 5 heteroatoms. The van der Waals surface area contributed by atoms with Crippen molar-refractivity contribution >= 4 is 10.0 Å². The predicted molar refractivity (Wildman–Crippen MR) is 55.3 cm³/mol. The van der Waals surface area contributed by atoms with E-state index in [1.165, 1.54) is 0 Å². The summed E-state index contributed by atoms with van der Waals surface area (Å²) in [5.74, 6) is -0.0174. The highest BCUT2D eigenvalue weighted by molar-refractivity contribution is 7.89. The van der Waals surface area contributed by atoms with Gasteiger partial charge < -0.3 is 4.74 Å². The number of rotatable bonds is 2. The summed E-state index contributed by atoms with van der Waals surface area (Å²) in [6.45, 7) is 7.77. The Bertz CT molecular complexity index is 319. The van der Waals surface area contributed by atoms with Crippen LogP contribution in [0.1, 0.15) is 34.1 Å². The zero-order valence-electron chi connectivity index (χ0n) is 9.20. The highest BCUT2D eigenvalue weighted by Gasteiger charge is 2.46. The van der Waals surface area contributed by atoms with E-state index in [-0.39, 0.29) is 17.3 Å². The van der Waals surface area contributed by atoms with Crippen LogP contribution in [0.15, 0.2) is 0 Å². The molecular formula is C9H19NO3S. The number of hydrogen-bond donors (Lipinski definition) is 1. The minimum atomic E-state index is -3.41. The lowest BCUT2D eigenvalue weighted by Gasteiger charge is -2.26. The Balaban J connectivity index is 2.81. The highest BCUT2D eigenvalue weighted by Crippen LogP contribution is 2.42. The summed E-state index contributed by atoms with van der Waals surface area (Å²) in [4.78, 5) is 0. The van der Waals surface area contributed by atoms with Crippen molar-refractivity contribution in [1.82, 2.24) is 0 Å². The van der Waals surface area contributed by atoms with E-state index in [4.69, 9.17) is 9.88 Å². The Morgan fingerprint density at radius 1 is 1.36 bits per heavy atom. The zero-order chi connectivity index (χ0) is 11.2. The SMILES string of the molecule is CC1(C)CC(CS(N)(=O)=O)C(C)(C)O1. The lowest BCUT2D eigenvalue weighted by atomic mass is 9.89. The molecule has 0 aromatic carbocycles. The van der Waals surface area contributed by atoms with E-state index in [0.717, 1.165) is 6.42 Å². The van der Waals surface area contributed by atoms with Gasteiger partial charge in [0.25, 0.3) is 0 Å². The van der Waals surface area contributed by atoms with Gasteiger partial charge in [-0.3, -0.25) is 0 Å². The Labute approximate surface area is 85.9 Å². The smallest absolute Gasteiger partial charge is 0.209 e. The van der Waals surface area contributed by atoms with Crippen molar-refractivity contribution in [3.8, 4) is 0 Å². The summed E-state index contributed by atoms with van der Waals surface area (Å²) in [5.41, 5.74) is -0.658. The third kappa shape index (κ3) is 2.93. The fraction of sp³-hybridized carbons (Fsp3) is 1.00. The maximum Gasteiger partial charge on any atom is 0.209 e. The molecule has 1 aliphatic rings. The molecule has 1 aliphatic heterocycles. The molecule has 1 rings (SSSR count). The van der Waals surface area contributed by atoms with Crippen LogP contribution in [0.5, 0.6) is 0 Å². The summed E-state index contributed by atoms with van der Waals surface area (Å²) in [6, 6.07) is 0. The van der Waals surface area contributed by atoms with Gasteiger partial charge in [-0.05, 0) is 34.1 Å². The predicted octanol–water partition coefficient (Wildman–Crippen LogP) is 0.869. The lowest BCUT2D eigenvalue weighted by Crippen LogP contribution is -2.35. The molecule has 2 N–H and O–H groups in total. The van der Waals surface area contributed by atoms with Gasteiger partial charge in [-0.1, -0.05) is 0 Å². The van der Waals surface area contributed by atoms with Gasteiger partial charge in [0, 0.05) is 5.92 Å². The molecule has 14 heavy (non-hydrogen) atoms. The average Bonchev–Trinajstić information content (AvgIpc) is 1.94. The fourth-order valence-corrected chi connectivity index (χ4v) is 3.30. The van der Waals surface area contributed by atoms with E-state index < -0.39 is 15.6 Å². The normalized spacial score (nSPS) is 30.5. The number of nitrogens with two attached hydrogens (primary N) is 1. The van der Waals surface area contributed by atoms with E-state index in [1.807, 2.05) is 27.7 Å². The third-order valence-corrected chi connectivity index (χ3v) is 3.56. The topological polar surface area (TPSA) is 69.4 Å². The Morgan fingerprint density at radius 3 is 2.14 bits per heavy atom. The summed E-state index contributed by atoms with van der Waals surface area (Å²) in [5, 5.41) is 5.04.